The summed E-state index contributed by atoms with van der Waals surface area (Å²) in [5, 5.41) is 20.9. The normalized spacial score (nSPS) is 24.3. The van der Waals surface area contributed by atoms with Crippen molar-refractivity contribution in [3.63, 3.8) is 0 Å². The highest BCUT2D eigenvalue weighted by Gasteiger charge is 2.41. The molecule has 1 aliphatic carbocycles. The number of nitrogens with one attached hydrogen (secondary N) is 1. The number of carboxylic acids is 1. The fourth-order valence-electron chi connectivity index (χ4n) is 2.77. The molecule has 21 heavy (non-hydrogen) atoms. The van der Waals surface area contributed by atoms with Crippen LogP contribution in [-0.4, -0.2) is 17.0 Å². The van der Waals surface area contributed by atoms with Crippen LogP contribution < -0.4 is 5.32 Å². The molecule has 1 aromatic carbocycles. The van der Waals surface area contributed by atoms with E-state index in [0.717, 1.165) is 0 Å². The van der Waals surface area contributed by atoms with Gasteiger partial charge in [0.25, 0.3) is 0 Å². The number of nitrogens with zero attached hydrogens (tertiary/aromatic N) is 1. The molecule has 5 nitrogen and oxygen atoms in total. The first-order valence-electron chi connectivity index (χ1n) is 6.65. The van der Waals surface area contributed by atoms with E-state index in [9.17, 15) is 14.7 Å². The molecule has 1 saturated carbocycles. The highest BCUT2D eigenvalue weighted by Crippen LogP contribution is 2.37. The molecule has 0 saturated heterocycles. The molecule has 0 heterocycles. The quantitative estimate of drug-likeness (QED) is 0.898. The summed E-state index contributed by atoms with van der Waals surface area (Å²) in [6.07, 6.45) is 1.06. The smallest absolute Gasteiger partial charge is 0.307 e. The summed E-state index contributed by atoms with van der Waals surface area (Å²) < 4.78 is 0. The minimum atomic E-state index is -0.939. The van der Waals surface area contributed by atoms with Gasteiger partial charge in [0.1, 0.15) is 0 Å². The van der Waals surface area contributed by atoms with E-state index in [2.05, 4.69) is 5.32 Å². The number of halogens is 1. The summed E-state index contributed by atoms with van der Waals surface area (Å²) in [5.74, 6) is -2.27. The topological polar surface area (TPSA) is 90.2 Å². The molecule has 2 rings (SSSR count). The zero-order chi connectivity index (χ0) is 15.6. The van der Waals surface area contributed by atoms with Crippen molar-refractivity contribution in [1.82, 2.24) is 0 Å². The number of rotatable bonds is 3. The van der Waals surface area contributed by atoms with E-state index in [1.54, 1.807) is 12.1 Å². The van der Waals surface area contributed by atoms with E-state index in [4.69, 9.17) is 16.9 Å². The van der Waals surface area contributed by atoms with Gasteiger partial charge in [-0.05, 0) is 37.0 Å². The number of nitriles is 1. The van der Waals surface area contributed by atoms with Crippen molar-refractivity contribution >= 4 is 29.2 Å². The van der Waals surface area contributed by atoms with Crippen molar-refractivity contribution in [2.75, 3.05) is 5.32 Å². The molecular weight excluding hydrogens is 292 g/mol. The Morgan fingerprint density at radius 1 is 1.38 bits per heavy atom. The van der Waals surface area contributed by atoms with Crippen LogP contribution >= 0.6 is 11.6 Å². The molecule has 0 spiro atoms. The largest absolute Gasteiger partial charge is 0.481 e. The third kappa shape index (κ3) is 3.34. The fourth-order valence-corrected chi connectivity index (χ4v) is 2.99. The third-order valence-electron chi connectivity index (χ3n) is 3.81. The Bertz CT molecular complexity index is 624. The summed E-state index contributed by atoms with van der Waals surface area (Å²) in [5.41, 5.74) is 0.792. The summed E-state index contributed by atoms with van der Waals surface area (Å²) in [6.45, 7) is 1.94. The van der Waals surface area contributed by atoms with Crippen LogP contribution in [0.25, 0.3) is 0 Å². The number of carboxylic acid groups (broad SMARTS) is 1. The summed E-state index contributed by atoms with van der Waals surface area (Å²) in [7, 11) is 0. The average molecular weight is 307 g/mol. The average Bonchev–Trinajstić information content (AvgIpc) is 2.83. The van der Waals surface area contributed by atoms with E-state index in [-0.39, 0.29) is 16.8 Å². The lowest BCUT2D eigenvalue weighted by Crippen LogP contribution is -2.30. The van der Waals surface area contributed by atoms with E-state index < -0.39 is 17.8 Å². The van der Waals surface area contributed by atoms with Crippen LogP contribution in [-0.2, 0) is 9.59 Å². The predicted molar refractivity (Wildman–Crippen MR) is 77.8 cm³/mol. The molecule has 0 aromatic heterocycles. The Balaban J connectivity index is 2.14. The van der Waals surface area contributed by atoms with Crippen LogP contribution in [0.3, 0.4) is 0 Å². The lowest BCUT2D eigenvalue weighted by atomic mass is 9.95. The zero-order valence-electron chi connectivity index (χ0n) is 11.5. The molecule has 0 bridgehead atoms. The highest BCUT2D eigenvalue weighted by molar-refractivity contribution is 6.33. The number of hydrogen-bond acceptors (Lipinski definition) is 3. The zero-order valence-corrected chi connectivity index (χ0v) is 12.2. The predicted octanol–water partition coefficient (Wildman–Crippen LogP) is 2.90. The molecule has 1 amide bonds. The Hall–Kier alpha value is -2.06. The van der Waals surface area contributed by atoms with Crippen molar-refractivity contribution in [2.45, 2.75) is 19.8 Å². The number of carbonyl (C=O) groups excluding carboxylic acids is 1. The second kappa shape index (κ2) is 6.15. The molecule has 3 unspecified atom stereocenters. The second-order valence-corrected chi connectivity index (χ2v) is 5.83. The van der Waals surface area contributed by atoms with Crippen LogP contribution in [0.5, 0.6) is 0 Å². The molecule has 3 atom stereocenters. The third-order valence-corrected chi connectivity index (χ3v) is 4.12. The van der Waals surface area contributed by atoms with Gasteiger partial charge in [0.2, 0.25) is 5.91 Å². The van der Waals surface area contributed by atoms with E-state index >= 15 is 0 Å². The van der Waals surface area contributed by atoms with Gasteiger partial charge in [0, 0.05) is 0 Å². The second-order valence-electron chi connectivity index (χ2n) is 5.42. The van der Waals surface area contributed by atoms with Crippen LogP contribution in [0.15, 0.2) is 18.2 Å². The first-order valence-corrected chi connectivity index (χ1v) is 7.03. The molecule has 110 valence electrons. The Kier molecular flexibility index (Phi) is 4.49. The standard InChI is InChI=1S/C15H15ClN2O3/c1-8-4-10(11(5-8)15(20)21)14(19)18-13-3-2-9(7-17)6-12(13)16/h2-3,6,8,10-11H,4-5H2,1H3,(H,18,19)(H,20,21). The summed E-state index contributed by atoms with van der Waals surface area (Å²) >= 11 is 6.00. The number of aliphatic carboxylic acids is 1. The minimum absolute atomic E-state index is 0.207. The number of benzene rings is 1. The molecule has 0 radical (unpaired) electrons. The van der Waals surface area contributed by atoms with Gasteiger partial charge in [-0.2, -0.15) is 5.26 Å². The molecule has 6 heteroatoms. The fraction of sp³-hybridized carbons (Fsp3) is 0.400. The molecular formula is C15H15ClN2O3. The minimum Gasteiger partial charge on any atom is -0.481 e. The lowest BCUT2D eigenvalue weighted by molar-refractivity contribution is -0.145. The van der Waals surface area contributed by atoms with Gasteiger partial charge in [-0.1, -0.05) is 18.5 Å². The van der Waals surface area contributed by atoms with Crippen molar-refractivity contribution in [3.8, 4) is 6.07 Å². The van der Waals surface area contributed by atoms with Gasteiger partial charge >= 0.3 is 5.97 Å². The monoisotopic (exact) mass is 306 g/mol. The van der Waals surface area contributed by atoms with Crippen LogP contribution in [0.2, 0.25) is 5.02 Å². The Morgan fingerprint density at radius 3 is 2.62 bits per heavy atom. The first-order chi connectivity index (χ1) is 9.92. The maximum atomic E-state index is 12.3. The van der Waals surface area contributed by atoms with Crippen LogP contribution in [0.4, 0.5) is 5.69 Å². The SMILES string of the molecule is CC1CC(C(=O)O)C(C(=O)Nc2ccc(C#N)cc2Cl)C1. The lowest BCUT2D eigenvalue weighted by Gasteiger charge is -2.16. The van der Waals surface area contributed by atoms with Gasteiger partial charge < -0.3 is 10.4 Å². The highest BCUT2D eigenvalue weighted by atomic mass is 35.5. The number of anilines is 1. The molecule has 1 aromatic rings. The van der Waals surface area contributed by atoms with Crippen LogP contribution in [0, 0.1) is 29.1 Å². The van der Waals surface area contributed by atoms with Gasteiger partial charge in [0.15, 0.2) is 0 Å². The molecule has 1 aliphatic rings. The number of carbonyl (C=O) groups is 2. The first kappa shape index (κ1) is 15.3. The van der Waals surface area contributed by atoms with Gasteiger partial charge in [0.05, 0.1) is 34.2 Å². The molecule has 2 N–H and O–H groups in total. The van der Waals surface area contributed by atoms with Crippen molar-refractivity contribution < 1.29 is 14.7 Å². The summed E-state index contributed by atoms with van der Waals surface area (Å²) in [6, 6.07) is 6.52. The van der Waals surface area contributed by atoms with Crippen LogP contribution in [0.1, 0.15) is 25.3 Å². The van der Waals surface area contributed by atoms with E-state index in [1.165, 1.54) is 6.07 Å². The Labute approximate surface area is 127 Å². The van der Waals surface area contributed by atoms with Crippen molar-refractivity contribution in [2.24, 2.45) is 17.8 Å². The van der Waals surface area contributed by atoms with E-state index in [1.807, 2.05) is 13.0 Å². The van der Waals surface area contributed by atoms with Gasteiger partial charge in [-0.25, -0.2) is 0 Å². The summed E-state index contributed by atoms with van der Waals surface area (Å²) in [4.78, 5) is 23.5. The Morgan fingerprint density at radius 2 is 2.05 bits per heavy atom. The number of amides is 1. The van der Waals surface area contributed by atoms with Crippen molar-refractivity contribution in [1.29, 1.82) is 5.26 Å². The molecule has 0 aliphatic heterocycles. The molecule has 1 fully saturated rings. The van der Waals surface area contributed by atoms with Gasteiger partial charge in [-0.15, -0.1) is 0 Å². The number of hydrogen-bond donors (Lipinski definition) is 2. The van der Waals surface area contributed by atoms with E-state index in [0.29, 0.717) is 24.1 Å². The maximum absolute atomic E-state index is 12.3. The van der Waals surface area contributed by atoms with Crippen molar-refractivity contribution in [3.05, 3.63) is 28.8 Å². The van der Waals surface area contributed by atoms with Gasteiger partial charge in [-0.3, -0.25) is 9.59 Å². The maximum Gasteiger partial charge on any atom is 0.307 e.